The van der Waals surface area contributed by atoms with Crippen LogP contribution in [0.3, 0.4) is 0 Å². The number of hydrogen-bond acceptors (Lipinski definition) is 5. The molecule has 0 saturated carbocycles. The van der Waals surface area contributed by atoms with Gasteiger partial charge in [0.05, 0.1) is 22.9 Å². The van der Waals surface area contributed by atoms with Crippen molar-refractivity contribution in [3.8, 4) is 11.1 Å². The summed E-state index contributed by atoms with van der Waals surface area (Å²) in [6.45, 7) is 5.99. The van der Waals surface area contributed by atoms with Gasteiger partial charge in [-0.3, -0.25) is 15.0 Å². The number of carbonyl (C=O) groups excluding carboxylic acids is 2. The summed E-state index contributed by atoms with van der Waals surface area (Å²) in [5.74, 6) is -2.27. The summed E-state index contributed by atoms with van der Waals surface area (Å²) in [7, 11) is 0. The van der Waals surface area contributed by atoms with E-state index in [2.05, 4.69) is 29.7 Å². The Morgan fingerprint density at radius 3 is 2.36 bits per heavy atom. The number of nitrogens with two attached hydrogens (primary N) is 2. The molecular formula is C36H37N5O4. The fourth-order valence-corrected chi connectivity index (χ4v) is 6.15. The number of nitrogen functional groups attached to an aromatic ring is 1. The first-order valence-corrected chi connectivity index (χ1v) is 14.8. The lowest BCUT2D eigenvalue weighted by molar-refractivity contribution is -0.116. The number of hydrogen-bond donors (Lipinski definition) is 6. The van der Waals surface area contributed by atoms with Crippen molar-refractivity contribution in [1.82, 2.24) is 0 Å². The predicted octanol–water partition coefficient (Wildman–Crippen LogP) is 6.28. The Balaban J connectivity index is 1.61. The fourth-order valence-electron chi connectivity index (χ4n) is 6.15. The Hall–Kier alpha value is -5.44. The lowest BCUT2D eigenvalue weighted by atomic mass is 9.68. The van der Waals surface area contributed by atoms with Crippen LogP contribution in [0.4, 0.5) is 11.4 Å². The summed E-state index contributed by atoms with van der Waals surface area (Å²) in [5, 5.41) is 24.5. The number of fused-ring (bicyclic) bond motifs is 1. The van der Waals surface area contributed by atoms with E-state index in [1.807, 2.05) is 68.4 Å². The van der Waals surface area contributed by atoms with Crippen LogP contribution in [0, 0.1) is 11.3 Å². The molecule has 0 saturated heterocycles. The third kappa shape index (κ3) is 6.28. The van der Waals surface area contributed by atoms with E-state index in [0.29, 0.717) is 23.1 Å². The molecule has 0 fully saturated rings. The van der Waals surface area contributed by atoms with Gasteiger partial charge in [0, 0.05) is 23.1 Å². The molecule has 1 heterocycles. The number of amides is 2. The third-order valence-corrected chi connectivity index (χ3v) is 8.40. The smallest absolute Gasteiger partial charge is 0.336 e. The normalized spacial score (nSPS) is 17.2. The van der Waals surface area contributed by atoms with Crippen molar-refractivity contribution in [3.63, 3.8) is 0 Å². The molecule has 4 aromatic carbocycles. The first-order chi connectivity index (χ1) is 21.4. The molecular weight excluding hydrogens is 566 g/mol. The van der Waals surface area contributed by atoms with Gasteiger partial charge in [-0.25, -0.2) is 4.79 Å². The van der Waals surface area contributed by atoms with Gasteiger partial charge in [-0.15, -0.1) is 0 Å². The van der Waals surface area contributed by atoms with Crippen LogP contribution in [0.25, 0.3) is 11.1 Å². The molecule has 0 aromatic heterocycles. The quantitative estimate of drug-likeness (QED) is 0.0970. The van der Waals surface area contributed by atoms with Crippen molar-refractivity contribution in [2.75, 3.05) is 10.6 Å². The second-order valence-electron chi connectivity index (χ2n) is 12.2. The van der Waals surface area contributed by atoms with Gasteiger partial charge in [0.15, 0.2) is 0 Å². The molecule has 9 heteroatoms. The molecule has 1 aliphatic rings. The number of nitrogens with one attached hydrogen (secondary N) is 3. The lowest BCUT2D eigenvalue weighted by Crippen LogP contribution is -2.35. The van der Waals surface area contributed by atoms with Crippen molar-refractivity contribution in [2.24, 2.45) is 17.4 Å². The average molecular weight is 604 g/mol. The molecule has 9 nitrogen and oxygen atoms in total. The minimum Gasteiger partial charge on any atom is -0.478 e. The number of carboxylic acid groups (broad SMARTS) is 1. The van der Waals surface area contributed by atoms with Crippen molar-refractivity contribution < 1.29 is 19.5 Å². The SMILES string of the molecule is CC(C)CC(=O)Nc1cc(-c2cccc([C@@H]3C[C@](C)(c4ccccc4)c4cc(C(=N)N)ccc4N3)c2)c(C(=O)O)cc1C(N)=O. The molecule has 4 aromatic rings. The number of benzene rings is 4. The van der Waals surface area contributed by atoms with Crippen molar-refractivity contribution in [2.45, 2.75) is 45.1 Å². The van der Waals surface area contributed by atoms with Crippen LogP contribution in [0.15, 0.2) is 84.9 Å². The van der Waals surface area contributed by atoms with Gasteiger partial charge in [-0.2, -0.15) is 0 Å². The maximum Gasteiger partial charge on any atom is 0.336 e. The van der Waals surface area contributed by atoms with Crippen LogP contribution in [-0.4, -0.2) is 28.7 Å². The molecule has 2 amide bonds. The second-order valence-corrected chi connectivity index (χ2v) is 12.2. The van der Waals surface area contributed by atoms with Gasteiger partial charge in [0.2, 0.25) is 5.91 Å². The zero-order chi connectivity index (χ0) is 32.5. The summed E-state index contributed by atoms with van der Waals surface area (Å²) < 4.78 is 0. The van der Waals surface area contributed by atoms with Crippen LogP contribution in [0.2, 0.25) is 0 Å². The summed E-state index contributed by atoms with van der Waals surface area (Å²) >= 11 is 0. The topological polar surface area (TPSA) is 171 Å². The van der Waals surface area contributed by atoms with Crippen LogP contribution in [0.5, 0.6) is 0 Å². The average Bonchev–Trinajstić information content (AvgIpc) is 3.00. The van der Waals surface area contributed by atoms with E-state index in [0.717, 1.165) is 22.4 Å². The minimum atomic E-state index is -1.22. The minimum absolute atomic E-state index is 0.000565. The number of aromatic carboxylic acids is 1. The van der Waals surface area contributed by atoms with Gasteiger partial charge in [-0.05, 0) is 76.6 Å². The number of carbonyl (C=O) groups is 3. The Bertz CT molecular complexity index is 1820. The molecule has 0 radical (unpaired) electrons. The number of anilines is 2. The van der Waals surface area contributed by atoms with E-state index in [4.69, 9.17) is 16.9 Å². The highest BCUT2D eigenvalue weighted by atomic mass is 16.4. The summed E-state index contributed by atoms with van der Waals surface area (Å²) in [6.07, 6.45) is 0.893. The highest BCUT2D eigenvalue weighted by molar-refractivity contribution is 6.08. The molecule has 2 atom stereocenters. The highest BCUT2D eigenvalue weighted by Crippen LogP contribution is 2.48. The van der Waals surface area contributed by atoms with E-state index < -0.39 is 17.3 Å². The first-order valence-electron chi connectivity index (χ1n) is 14.8. The van der Waals surface area contributed by atoms with E-state index >= 15 is 0 Å². The molecule has 0 unspecified atom stereocenters. The van der Waals surface area contributed by atoms with Crippen molar-refractivity contribution in [3.05, 3.63) is 118 Å². The summed E-state index contributed by atoms with van der Waals surface area (Å²) in [4.78, 5) is 37.4. The zero-order valence-electron chi connectivity index (χ0n) is 25.5. The van der Waals surface area contributed by atoms with Gasteiger partial charge in [-0.1, -0.05) is 69.3 Å². The van der Waals surface area contributed by atoms with E-state index in [-0.39, 0.29) is 46.9 Å². The second kappa shape index (κ2) is 12.3. The predicted molar refractivity (Wildman–Crippen MR) is 177 cm³/mol. The Morgan fingerprint density at radius 1 is 0.978 bits per heavy atom. The zero-order valence-corrected chi connectivity index (χ0v) is 25.5. The number of primary amides is 1. The Labute approximate surface area is 262 Å². The first kappa shape index (κ1) is 31.0. The van der Waals surface area contributed by atoms with E-state index in [1.165, 1.54) is 12.1 Å². The van der Waals surface area contributed by atoms with Crippen LogP contribution < -0.4 is 22.1 Å². The van der Waals surface area contributed by atoms with Gasteiger partial charge in [0.1, 0.15) is 5.84 Å². The van der Waals surface area contributed by atoms with Crippen molar-refractivity contribution in [1.29, 1.82) is 5.41 Å². The standard InChI is InChI=1S/C36H37N5O4/c1-20(2)14-32(42)41-30-18-25(26(35(44)45)17-27(30)34(39)43)21-8-7-9-22(15-21)31-19-36(3,24-10-5-4-6-11-24)28-16-23(33(37)38)12-13-29(28)40-31/h4-13,15-18,20,31,40H,14,19H2,1-3H3,(H3,37,38)(H2,39,43)(H,41,42)(H,44,45)/t31-,36+/m0/s1. The molecule has 0 aliphatic carbocycles. The van der Waals surface area contributed by atoms with E-state index in [1.54, 1.807) is 6.07 Å². The van der Waals surface area contributed by atoms with Crippen LogP contribution in [-0.2, 0) is 10.2 Å². The molecule has 45 heavy (non-hydrogen) atoms. The molecule has 0 bridgehead atoms. The Morgan fingerprint density at radius 2 is 1.71 bits per heavy atom. The fraction of sp³-hybridized carbons (Fsp3) is 0.222. The van der Waals surface area contributed by atoms with Crippen LogP contribution >= 0.6 is 0 Å². The summed E-state index contributed by atoms with van der Waals surface area (Å²) in [6, 6.07) is 26.1. The van der Waals surface area contributed by atoms with Crippen molar-refractivity contribution >= 4 is 35.0 Å². The van der Waals surface area contributed by atoms with Gasteiger partial charge >= 0.3 is 5.97 Å². The molecule has 8 N–H and O–H groups in total. The number of amidine groups is 1. The summed E-state index contributed by atoms with van der Waals surface area (Å²) in [5.41, 5.74) is 16.6. The number of rotatable bonds is 9. The molecule has 5 rings (SSSR count). The van der Waals surface area contributed by atoms with Crippen LogP contribution in [0.1, 0.15) is 82.6 Å². The maximum atomic E-state index is 12.7. The molecule has 1 aliphatic heterocycles. The lowest BCUT2D eigenvalue weighted by Gasteiger charge is -2.42. The largest absolute Gasteiger partial charge is 0.478 e. The van der Waals surface area contributed by atoms with E-state index in [9.17, 15) is 19.5 Å². The maximum absolute atomic E-state index is 12.7. The van der Waals surface area contributed by atoms with Gasteiger partial charge in [0.25, 0.3) is 5.91 Å². The Kier molecular flexibility index (Phi) is 8.46. The monoisotopic (exact) mass is 603 g/mol. The molecule has 0 spiro atoms. The molecule has 230 valence electrons. The third-order valence-electron chi connectivity index (χ3n) is 8.40. The highest BCUT2D eigenvalue weighted by Gasteiger charge is 2.39. The van der Waals surface area contributed by atoms with Gasteiger partial charge < -0.3 is 27.2 Å². The number of carboxylic acids is 1.